The number of halogens is 19. The third-order valence-corrected chi connectivity index (χ3v) is 9.20. The van der Waals surface area contributed by atoms with Gasteiger partial charge in [-0.3, -0.25) is 0 Å². The van der Waals surface area contributed by atoms with Crippen LogP contribution in [0.3, 0.4) is 0 Å². The average molecular weight is 848 g/mol. The predicted molar refractivity (Wildman–Crippen MR) is 152 cm³/mol. The normalized spacial score (nSPS) is 13.9. The van der Waals surface area contributed by atoms with Gasteiger partial charge in [-0.15, -0.1) is 0 Å². The maximum Gasteiger partial charge on any atom is 0.460 e. The first-order valence-electron chi connectivity index (χ1n) is 13.7. The summed E-state index contributed by atoms with van der Waals surface area (Å²) in [7, 11) is 0. The lowest BCUT2D eigenvalue weighted by Gasteiger charge is -2.42. The molecule has 0 radical (unpaired) electrons. The second kappa shape index (κ2) is 14.5. The zero-order chi connectivity index (χ0) is 41.7. The van der Waals surface area contributed by atoms with Gasteiger partial charge in [0.2, 0.25) is 0 Å². The Hall–Kier alpha value is -4.08. The molecule has 0 fully saturated rings. The van der Waals surface area contributed by atoms with Crippen LogP contribution in [0.15, 0.2) is 68.1 Å². The highest BCUT2D eigenvalue weighted by Crippen LogP contribution is 2.64. The molecule has 0 aliphatic heterocycles. The molecule has 3 rings (SSSR count). The van der Waals surface area contributed by atoms with Crippen molar-refractivity contribution in [2.75, 3.05) is 18.1 Å². The summed E-state index contributed by atoms with van der Waals surface area (Å²) in [6.45, 7) is -2.33. The second-order valence-corrected chi connectivity index (χ2v) is 12.9. The summed E-state index contributed by atoms with van der Waals surface area (Å²) >= 11 is 0.682. The summed E-state index contributed by atoms with van der Waals surface area (Å²) in [6.07, 6.45) is -11.0. The SMILES string of the molecule is N#Cc1c(Sc2ccc(N)cc2)c(F)c(OCCC(F)(F)C(F)(F)C(F)(F)C(F)(F)C(F)(F)C(F)(F)C(F)(F)C(F)(F)F)c(F)c1Sc1ccc(N)cc1. The smallest absolute Gasteiger partial charge is 0.460 e. The molecular formula is C29H16F19N3OS2. The van der Waals surface area contributed by atoms with Crippen LogP contribution in [0.2, 0.25) is 0 Å². The number of anilines is 2. The molecule has 0 saturated carbocycles. The third-order valence-electron chi connectivity index (χ3n) is 7.01. The lowest BCUT2D eigenvalue weighted by Crippen LogP contribution is -2.74. The van der Waals surface area contributed by atoms with E-state index in [0.717, 1.165) is 0 Å². The first-order chi connectivity index (χ1) is 24.3. The van der Waals surface area contributed by atoms with Gasteiger partial charge >= 0.3 is 47.6 Å². The molecule has 0 saturated heterocycles. The van der Waals surface area contributed by atoms with Gasteiger partial charge in [0.25, 0.3) is 0 Å². The maximum absolute atomic E-state index is 15.7. The first kappa shape index (κ1) is 44.3. The fourth-order valence-electron chi connectivity index (χ4n) is 3.99. The Bertz CT molecular complexity index is 1800. The van der Waals surface area contributed by atoms with E-state index in [1.165, 1.54) is 54.6 Å². The van der Waals surface area contributed by atoms with E-state index in [-0.39, 0.29) is 21.2 Å². The van der Waals surface area contributed by atoms with Crippen LogP contribution in [0.5, 0.6) is 5.75 Å². The van der Waals surface area contributed by atoms with E-state index in [4.69, 9.17) is 11.5 Å². The molecule has 4 nitrogen and oxygen atoms in total. The third kappa shape index (κ3) is 7.34. The van der Waals surface area contributed by atoms with Crippen LogP contribution in [0, 0.1) is 23.0 Å². The first-order valence-corrected chi connectivity index (χ1v) is 15.3. The molecule has 25 heteroatoms. The molecular weight excluding hydrogens is 831 g/mol. The molecule has 3 aromatic rings. The quantitative estimate of drug-likeness (QED) is 0.124. The molecule has 0 unspecified atom stereocenters. The summed E-state index contributed by atoms with van der Waals surface area (Å²) in [5, 5.41) is 9.79. The number of alkyl halides is 17. The van der Waals surface area contributed by atoms with Crippen molar-refractivity contribution in [3.05, 3.63) is 65.7 Å². The predicted octanol–water partition coefficient (Wildman–Crippen LogP) is 11.1. The number of benzene rings is 3. The van der Waals surface area contributed by atoms with Crippen molar-refractivity contribution in [1.29, 1.82) is 5.26 Å². The van der Waals surface area contributed by atoms with Gasteiger partial charge in [0.05, 0.1) is 28.4 Å². The zero-order valence-electron chi connectivity index (χ0n) is 25.5. The molecule has 4 N–H and O–H groups in total. The number of hydrogen-bond acceptors (Lipinski definition) is 6. The van der Waals surface area contributed by atoms with Gasteiger partial charge in [0.1, 0.15) is 6.07 Å². The Balaban J connectivity index is 2.05. The van der Waals surface area contributed by atoms with E-state index in [9.17, 15) is 79.9 Å². The maximum atomic E-state index is 15.7. The van der Waals surface area contributed by atoms with Gasteiger partial charge in [-0.25, -0.2) is 8.78 Å². The minimum atomic E-state index is -8.82. The van der Waals surface area contributed by atoms with Gasteiger partial charge in [-0.1, -0.05) is 23.5 Å². The summed E-state index contributed by atoms with van der Waals surface area (Å²) in [4.78, 5) is -1.58. The van der Waals surface area contributed by atoms with Gasteiger partial charge in [-0.05, 0) is 48.5 Å². The highest BCUT2D eigenvalue weighted by atomic mass is 32.2. The zero-order valence-corrected chi connectivity index (χ0v) is 27.2. The molecule has 0 atom stereocenters. The Morgan fingerprint density at radius 1 is 0.537 bits per heavy atom. The van der Waals surface area contributed by atoms with Crippen LogP contribution < -0.4 is 16.2 Å². The highest BCUT2D eigenvalue weighted by molar-refractivity contribution is 8.00. The number of nitriles is 1. The van der Waals surface area contributed by atoms with Crippen molar-refractivity contribution >= 4 is 34.9 Å². The van der Waals surface area contributed by atoms with E-state index < -0.39 is 93.4 Å². The molecule has 0 amide bonds. The molecule has 0 spiro atoms. The van der Waals surface area contributed by atoms with Crippen molar-refractivity contribution < 1.29 is 88.2 Å². The molecule has 54 heavy (non-hydrogen) atoms. The van der Waals surface area contributed by atoms with E-state index in [2.05, 4.69) is 4.74 Å². The topological polar surface area (TPSA) is 85.1 Å². The lowest BCUT2D eigenvalue weighted by atomic mass is 9.88. The van der Waals surface area contributed by atoms with E-state index in [1.807, 2.05) is 0 Å². The Morgan fingerprint density at radius 3 is 1.20 bits per heavy atom. The standard InChI is InChI=1S/C29H16F19N3OS2/c30-17-19(18(31)21(54-15-7-3-13(51)4-8-15)16(11-49)20(17)53-14-5-1-12(50)2-6-14)52-10-9-22(32,33)23(34,35)24(36,37)25(38,39)26(40,41)27(42,43)28(44,45)29(46,47)48/h1-8H,9-10,50-51H2. The molecule has 298 valence electrons. The average Bonchev–Trinajstić information content (AvgIpc) is 3.05. The van der Waals surface area contributed by atoms with Crippen molar-refractivity contribution in [3.63, 3.8) is 0 Å². The number of nitrogens with zero attached hydrogens (tertiary/aromatic N) is 1. The molecule has 0 aliphatic rings. The minimum absolute atomic E-state index is 0.0605. The number of hydrogen-bond donors (Lipinski definition) is 2. The largest absolute Gasteiger partial charge is 0.487 e. The summed E-state index contributed by atoms with van der Waals surface area (Å²) in [5.74, 6) is -63.7. The minimum Gasteiger partial charge on any atom is -0.487 e. The van der Waals surface area contributed by atoms with Crippen LogP contribution >= 0.6 is 23.5 Å². The van der Waals surface area contributed by atoms with Crippen molar-refractivity contribution in [2.45, 2.75) is 73.6 Å². The van der Waals surface area contributed by atoms with Gasteiger partial charge in [0.15, 0.2) is 17.4 Å². The van der Waals surface area contributed by atoms with Crippen LogP contribution in [0.4, 0.5) is 94.8 Å². The van der Waals surface area contributed by atoms with E-state index in [0.29, 0.717) is 23.5 Å². The van der Waals surface area contributed by atoms with Crippen molar-refractivity contribution in [2.24, 2.45) is 0 Å². The summed E-state index contributed by atoms with van der Waals surface area (Å²) in [6, 6.07) is 11.5. The fourth-order valence-corrected chi connectivity index (χ4v) is 5.93. The van der Waals surface area contributed by atoms with E-state index >= 15 is 8.78 Å². The highest BCUT2D eigenvalue weighted by Gasteiger charge is 2.95. The van der Waals surface area contributed by atoms with Crippen LogP contribution in [0.25, 0.3) is 0 Å². The van der Waals surface area contributed by atoms with Crippen LogP contribution in [-0.2, 0) is 0 Å². The van der Waals surface area contributed by atoms with Crippen molar-refractivity contribution in [3.8, 4) is 11.8 Å². The molecule has 3 aromatic carbocycles. The lowest BCUT2D eigenvalue weighted by molar-refractivity contribution is -0.461. The second-order valence-electron chi connectivity index (χ2n) is 10.7. The van der Waals surface area contributed by atoms with Crippen LogP contribution in [0.1, 0.15) is 12.0 Å². The Kier molecular flexibility index (Phi) is 11.9. The summed E-state index contributed by atoms with van der Waals surface area (Å²) in [5.41, 5.74) is 10.6. The number of nitrogens with two attached hydrogens (primary N) is 2. The Morgan fingerprint density at radius 2 is 0.870 bits per heavy atom. The monoisotopic (exact) mass is 847 g/mol. The van der Waals surface area contributed by atoms with Crippen LogP contribution in [-0.4, -0.2) is 54.2 Å². The molecule has 0 aromatic heterocycles. The fraction of sp³-hybridized carbons (Fsp3) is 0.345. The van der Waals surface area contributed by atoms with Crippen molar-refractivity contribution in [1.82, 2.24) is 0 Å². The number of nitrogen functional groups attached to an aromatic ring is 2. The van der Waals surface area contributed by atoms with Gasteiger partial charge in [0, 0.05) is 21.2 Å². The molecule has 0 bridgehead atoms. The summed E-state index contributed by atoms with van der Waals surface area (Å²) < 4.78 is 267. The number of ether oxygens (including phenoxy) is 1. The van der Waals surface area contributed by atoms with E-state index in [1.54, 1.807) is 0 Å². The van der Waals surface area contributed by atoms with Gasteiger partial charge < -0.3 is 16.2 Å². The number of rotatable bonds is 14. The Labute approximate surface area is 297 Å². The molecule has 0 aliphatic carbocycles. The van der Waals surface area contributed by atoms with Gasteiger partial charge in [-0.2, -0.15) is 79.9 Å². The molecule has 0 heterocycles.